The van der Waals surface area contributed by atoms with E-state index >= 15 is 0 Å². The van der Waals surface area contributed by atoms with Crippen molar-refractivity contribution in [2.75, 3.05) is 0 Å². The third-order valence-corrected chi connectivity index (χ3v) is 5.86. The summed E-state index contributed by atoms with van der Waals surface area (Å²) in [7, 11) is 3.28. The van der Waals surface area contributed by atoms with E-state index in [0.29, 0.717) is 0 Å². The molecule has 0 bridgehead atoms. The maximum absolute atomic E-state index is 5.02. The Morgan fingerprint density at radius 2 is 0.971 bits per heavy atom. The van der Waals surface area contributed by atoms with Gasteiger partial charge in [-0.1, -0.05) is 77.9 Å². The SMILES string of the molecule is CC(=Nc1ccccc1C(C)(C)C)c1ccc(C(C)=Nc2ccccc2C(C)(C)C)n1C.[I][Fe][I]. The second kappa shape index (κ2) is 13.0. The van der Waals surface area contributed by atoms with Crippen LogP contribution in [-0.4, -0.2) is 16.0 Å². The molecular weight excluding hydrogens is 700 g/mol. The van der Waals surface area contributed by atoms with Gasteiger partial charge in [-0.3, -0.25) is 9.98 Å². The van der Waals surface area contributed by atoms with Crippen LogP contribution < -0.4 is 0 Å². The average molecular weight is 737 g/mol. The van der Waals surface area contributed by atoms with Crippen molar-refractivity contribution in [3.8, 4) is 0 Å². The average Bonchev–Trinajstić information content (AvgIpc) is 3.15. The topological polar surface area (TPSA) is 29.6 Å². The van der Waals surface area contributed by atoms with Gasteiger partial charge in [-0.15, -0.1) is 0 Å². The summed E-state index contributed by atoms with van der Waals surface area (Å²) in [6.45, 7) is 17.5. The molecule has 35 heavy (non-hydrogen) atoms. The van der Waals surface area contributed by atoms with E-state index in [2.05, 4.69) is 168 Å². The second-order valence-corrected chi connectivity index (χ2v) is 20.0. The summed E-state index contributed by atoms with van der Waals surface area (Å²) in [5.41, 5.74) is 8.86. The van der Waals surface area contributed by atoms with Crippen LogP contribution in [0.2, 0.25) is 0 Å². The Balaban J connectivity index is 0.00000137. The summed E-state index contributed by atoms with van der Waals surface area (Å²) in [6, 6.07) is 21.1. The van der Waals surface area contributed by atoms with E-state index in [0.717, 1.165) is 34.2 Å². The van der Waals surface area contributed by atoms with Gasteiger partial charge in [0.2, 0.25) is 0 Å². The summed E-state index contributed by atoms with van der Waals surface area (Å²) in [6.07, 6.45) is 0. The molecule has 0 saturated carbocycles. The molecule has 0 spiro atoms. The number of rotatable bonds is 4. The Bertz CT molecular complexity index is 1100. The van der Waals surface area contributed by atoms with Gasteiger partial charge in [0, 0.05) is 7.05 Å². The number of benzene rings is 2. The van der Waals surface area contributed by atoms with Crippen molar-refractivity contribution in [2.24, 2.45) is 17.0 Å². The third-order valence-electron chi connectivity index (χ3n) is 5.86. The number of aromatic nitrogens is 1. The fourth-order valence-corrected chi connectivity index (χ4v) is 4.12. The molecule has 0 amide bonds. The minimum absolute atomic E-state index is 0.0451. The Morgan fingerprint density at radius 3 is 1.29 bits per heavy atom. The van der Waals surface area contributed by atoms with E-state index in [4.69, 9.17) is 9.98 Å². The first-order valence-electron chi connectivity index (χ1n) is 11.6. The molecule has 0 aliphatic heterocycles. The summed E-state index contributed by atoms with van der Waals surface area (Å²) in [5, 5.41) is 0. The van der Waals surface area contributed by atoms with Gasteiger partial charge in [-0.2, -0.15) is 0 Å². The second-order valence-electron chi connectivity index (χ2n) is 10.6. The molecule has 6 heteroatoms. The van der Waals surface area contributed by atoms with E-state index in [1.165, 1.54) is 19.6 Å². The Hall–Kier alpha value is -0.961. The molecule has 1 heterocycles. The molecule has 0 atom stereocenters. The van der Waals surface area contributed by atoms with Crippen molar-refractivity contribution in [3.05, 3.63) is 83.2 Å². The van der Waals surface area contributed by atoms with Gasteiger partial charge in [0.15, 0.2) is 0 Å². The fraction of sp³-hybridized carbons (Fsp3) is 0.379. The maximum atomic E-state index is 5.02. The molecule has 3 aromatic rings. The Kier molecular flexibility index (Phi) is 11.3. The molecule has 190 valence electrons. The predicted octanol–water partition coefficient (Wildman–Crippen LogP) is 9.67. The van der Waals surface area contributed by atoms with Gasteiger partial charge in [0.1, 0.15) is 0 Å². The van der Waals surface area contributed by atoms with Crippen molar-refractivity contribution in [2.45, 2.75) is 66.2 Å². The summed E-state index contributed by atoms with van der Waals surface area (Å²) >= 11 is 4.55. The van der Waals surface area contributed by atoms with Gasteiger partial charge in [0.05, 0.1) is 34.2 Å². The zero-order valence-electron chi connectivity index (χ0n) is 22.2. The van der Waals surface area contributed by atoms with E-state index < -0.39 is 0 Å². The van der Waals surface area contributed by atoms with Gasteiger partial charge in [0.25, 0.3) is 0 Å². The first-order valence-corrected chi connectivity index (χ1v) is 18.7. The van der Waals surface area contributed by atoms with Crippen molar-refractivity contribution in [3.63, 3.8) is 0 Å². The van der Waals surface area contributed by atoms with Crippen LogP contribution in [0.5, 0.6) is 0 Å². The summed E-state index contributed by atoms with van der Waals surface area (Å²) in [4.78, 5) is 10.0. The summed E-state index contributed by atoms with van der Waals surface area (Å²) < 4.78 is 2.19. The molecule has 3 nitrogen and oxygen atoms in total. The quantitative estimate of drug-likeness (QED) is 0.145. The molecule has 3 rings (SSSR count). The van der Waals surface area contributed by atoms with Crippen LogP contribution in [0.25, 0.3) is 0 Å². The van der Waals surface area contributed by atoms with Crippen molar-refractivity contribution >= 4 is 63.5 Å². The van der Waals surface area contributed by atoms with Crippen LogP contribution in [0, 0.1) is 0 Å². The zero-order chi connectivity index (χ0) is 26.4. The van der Waals surface area contributed by atoms with Gasteiger partial charge >= 0.3 is 49.1 Å². The van der Waals surface area contributed by atoms with Crippen molar-refractivity contribution in [1.82, 2.24) is 4.57 Å². The van der Waals surface area contributed by atoms with E-state index in [9.17, 15) is 0 Å². The molecule has 0 N–H and O–H groups in total. The fourth-order valence-electron chi connectivity index (χ4n) is 4.12. The van der Waals surface area contributed by atoms with E-state index in [1.807, 2.05) is 0 Å². The first kappa shape index (κ1) is 30.3. The van der Waals surface area contributed by atoms with Crippen molar-refractivity contribution < 1.29 is 8.46 Å². The number of nitrogens with zero attached hydrogens (tertiary/aromatic N) is 3. The Morgan fingerprint density at radius 1 is 0.657 bits per heavy atom. The number of hydrogen-bond acceptors (Lipinski definition) is 2. The monoisotopic (exact) mass is 737 g/mol. The number of halogens is 2. The summed E-state index contributed by atoms with van der Waals surface area (Å²) in [5.74, 6) is 0. The van der Waals surface area contributed by atoms with Crippen LogP contribution in [-0.2, 0) is 26.3 Å². The van der Waals surface area contributed by atoms with Crippen molar-refractivity contribution in [1.29, 1.82) is 0 Å². The first-order chi connectivity index (χ1) is 16.3. The van der Waals surface area contributed by atoms with Gasteiger partial charge < -0.3 is 4.57 Å². The van der Waals surface area contributed by atoms with Gasteiger partial charge in [-0.05, 0) is 60.1 Å². The molecule has 0 fully saturated rings. The number of para-hydroxylation sites is 2. The van der Waals surface area contributed by atoms with E-state index in [-0.39, 0.29) is 10.8 Å². The number of hydrogen-bond donors (Lipinski definition) is 0. The molecule has 0 aliphatic carbocycles. The van der Waals surface area contributed by atoms with E-state index in [1.54, 1.807) is 0 Å². The number of aliphatic imine (C=N–C) groups is 2. The molecule has 0 aliphatic rings. The minimum atomic E-state index is 0.0451. The standard InChI is InChI=1S/C29H37N3.Fe.2HI/c1-20(30-24-16-12-10-14-22(24)28(3,4)5)26-18-19-27(32(26)9)21(2)31-25-17-13-11-15-23(25)29(6,7)8;;;/h10-19H,1-9H3;;2*1H/q;+2;;/p-2. The van der Waals surface area contributed by atoms with Crippen LogP contribution in [0.4, 0.5) is 11.4 Å². The molecule has 0 unspecified atom stereocenters. The zero-order valence-corrected chi connectivity index (χ0v) is 27.6. The van der Waals surface area contributed by atoms with Crippen LogP contribution in [0.15, 0.2) is 70.6 Å². The van der Waals surface area contributed by atoms with Crippen LogP contribution >= 0.6 is 40.7 Å². The predicted molar refractivity (Wildman–Crippen MR) is 167 cm³/mol. The third kappa shape index (κ3) is 8.27. The molecular formula is C29H37FeI2N3. The molecule has 0 radical (unpaired) electrons. The Labute approximate surface area is 241 Å². The van der Waals surface area contributed by atoms with Crippen LogP contribution in [0.3, 0.4) is 0 Å². The molecule has 2 aromatic carbocycles. The molecule has 1 aromatic heterocycles. The van der Waals surface area contributed by atoms with Gasteiger partial charge in [-0.25, -0.2) is 0 Å². The van der Waals surface area contributed by atoms with Crippen LogP contribution in [0.1, 0.15) is 77.9 Å². The normalized spacial score (nSPS) is 13.0. The molecule has 0 saturated heterocycles.